The monoisotopic (exact) mass is 270 g/mol. The van der Waals surface area contributed by atoms with Crippen LogP contribution >= 0.6 is 11.6 Å². The molecule has 100 valence electrons. The second-order valence-corrected chi connectivity index (χ2v) is 5.03. The van der Waals surface area contributed by atoms with Gasteiger partial charge in [0.2, 0.25) is 0 Å². The highest BCUT2D eigenvalue weighted by Crippen LogP contribution is 2.25. The number of aromatic nitrogens is 1. The van der Waals surface area contributed by atoms with Crippen LogP contribution in [0.3, 0.4) is 0 Å². The highest BCUT2D eigenvalue weighted by molar-refractivity contribution is 6.31. The molecule has 2 atom stereocenters. The van der Waals surface area contributed by atoms with Gasteiger partial charge in [-0.3, -0.25) is 0 Å². The van der Waals surface area contributed by atoms with Crippen LogP contribution in [-0.2, 0) is 16.1 Å². The van der Waals surface area contributed by atoms with Gasteiger partial charge >= 0.3 is 0 Å². The van der Waals surface area contributed by atoms with E-state index in [-0.39, 0.29) is 6.10 Å². The van der Waals surface area contributed by atoms with Crippen molar-refractivity contribution in [1.29, 1.82) is 0 Å². The molecule has 5 heteroatoms. The van der Waals surface area contributed by atoms with Crippen molar-refractivity contribution >= 4 is 17.4 Å². The van der Waals surface area contributed by atoms with E-state index < -0.39 is 0 Å². The number of nitrogen functional groups attached to an aromatic ring is 1. The lowest BCUT2D eigenvalue weighted by Crippen LogP contribution is -2.27. The number of nitrogens with zero attached hydrogens (tertiary/aromatic N) is 1. The normalized spacial score (nSPS) is 24.1. The summed E-state index contributed by atoms with van der Waals surface area (Å²) in [6.07, 6.45) is 4.81. The fourth-order valence-electron chi connectivity index (χ4n) is 2.27. The summed E-state index contributed by atoms with van der Waals surface area (Å²) in [4.78, 5) is 4.19. The van der Waals surface area contributed by atoms with E-state index in [2.05, 4.69) is 4.98 Å². The third kappa shape index (κ3) is 3.57. The van der Waals surface area contributed by atoms with Crippen molar-refractivity contribution in [3.8, 4) is 0 Å². The Morgan fingerprint density at radius 3 is 2.94 bits per heavy atom. The van der Waals surface area contributed by atoms with Gasteiger partial charge in [0.25, 0.3) is 0 Å². The zero-order valence-electron chi connectivity index (χ0n) is 10.6. The molecule has 0 aliphatic heterocycles. The lowest BCUT2D eigenvalue weighted by Gasteiger charge is -2.28. The molecule has 0 bridgehead atoms. The zero-order valence-corrected chi connectivity index (χ0v) is 11.3. The first kappa shape index (κ1) is 13.6. The lowest BCUT2D eigenvalue weighted by atomic mass is 9.95. The maximum atomic E-state index is 6.05. The molecule has 1 saturated carbocycles. The number of nitrogens with two attached hydrogens (primary N) is 1. The first-order chi connectivity index (χ1) is 8.69. The molecule has 18 heavy (non-hydrogen) atoms. The fraction of sp³-hybridized carbons (Fsp3) is 0.615. The number of rotatable bonds is 4. The smallest absolute Gasteiger partial charge is 0.123 e. The molecule has 0 radical (unpaired) electrons. The van der Waals surface area contributed by atoms with E-state index in [1.807, 2.05) is 0 Å². The Morgan fingerprint density at radius 2 is 2.17 bits per heavy atom. The maximum absolute atomic E-state index is 6.05. The minimum atomic E-state index is 0.225. The van der Waals surface area contributed by atoms with Crippen molar-refractivity contribution in [2.45, 2.75) is 44.5 Å². The summed E-state index contributed by atoms with van der Waals surface area (Å²) in [7, 11) is 1.75. The third-order valence-electron chi connectivity index (χ3n) is 3.31. The summed E-state index contributed by atoms with van der Waals surface area (Å²) in [5.41, 5.74) is 6.34. The number of anilines is 1. The molecular formula is C13H19ClN2O2. The Labute approximate surface area is 112 Å². The standard InChI is InChI=1S/C13H19ClN2O2/c1-17-9-3-2-4-10(7-9)18-8-12-11(14)5-6-13(15)16-12/h5-6,9-10H,2-4,7-8H2,1H3,(H2,15,16). The van der Waals surface area contributed by atoms with Gasteiger partial charge in [-0.25, -0.2) is 4.98 Å². The van der Waals surface area contributed by atoms with Crippen molar-refractivity contribution < 1.29 is 9.47 Å². The van der Waals surface area contributed by atoms with E-state index in [4.69, 9.17) is 26.8 Å². The molecule has 1 aliphatic carbocycles. The van der Waals surface area contributed by atoms with Crippen LogP contribution in [-0.4, -0.2) is 24.3 Å². The second kappa shape index (κ2) is 6.36. The van der Waals surface area contributed by atoms with E-state index in [1.165, 1.54) is 0 Å². The van der Waals surface area contributed by atoms with Gasteiger partial charge < -0.3 is 15.2 Å². The van der Waals surface area contributed by atoms with Crippen molar-refractivity contribution in [3.05, 3.63) is 22.8 Å². The molecule has 0 amide bonds. The van der Waals surface area contributed by atoms with Gasteiger partial charge in [-0.05, 0) is 37.8 Å². The van der Waals surface area contributed by atoms with Crippen LogP contribution in [0.1, 0.15) is 31.4 Å². The van der Waals surface area contributed by atoms with Crippen LogP contribution in [0, 0.1) is 0 Å². The van der Waals surface area contributed by atoms with E-state index in [1.54, 1.807) is 19.2 Å². The van der Waals surface area contributed by atoms with Crippen molar-refractivity contribution in [1.82, 2.24) is 4.98 Å². The topological polar surface area (TPSA) is 57.4 Å². The van der Waals surface area contributed by atoms with Crippen LogP contribution in [0.5, 0.6) is 0 Å². The summed E-state index contributed by atoms with van der Waals surface area (Å²) in [6.45, 7) is 0.408. The van der Waals surface area contributed by atoms with E-state index in [9.17, 15) is 0 Å². The largest absolute Gasteiger partial charge is 0.384 e. The van der Waals surface area contributed by atoms with Gasteiger partial charge in [0.1, 0.15) is 5.82 Å². The molecule has 2 N–H and O–H groups in total. The zero-order chi connectivity index (χ0) is 13.0. The van der Waals surface area contributed by atoms with Crippen molar-refractivity contribution in [2.75, 3.05) is 12.8 Å². The minimum absolute atomic E-state index is 0.225. The number of methoxy groups -OCH3 is 1. The van der Waals surface area contributed by atoms with Gasteiger partial charge in [0.15, 0.2) is 0 Å². The van der Waals surface area contributed by atoms with Crippen LogP contribution in [0.4, 0.5) is 5.82 Å². The van der Waals surface area contributed by atoms with Crippen LogP contribution in [0.15, 0.2) is 12.1 Å². The lowest BCUT2D eigenvalue weighted by molar-refractivity contribution is -0.0371. The summed E-state index contributed by atoms with van der Waals surface area (Å²) >= 11 is 6.05. The van der Waals surface area contributed by atoms with Crippen molar-refractivity contribution in [3.63, 3.8) is 0 Å². The van der Waals surface area contributed by atoms with Gasteiger partial charge in [0.05, 0.1) is 29.5 Å². The number of hydrogen-bond acceptors (Lipinski definition) is 4. The van der Waals surface area contributed by atoms with Crippen molar-refractivity contribution in [2.24, 2.45) is 0 Å². The van der Waals surface area contributed by atoms with E-state index >= 15 is 0 Å². The third-order valence-corrected chi connectivity index (χ3v) is 3.65. The van der Waals surface area contributed by atoms with Crippen LogP contribution in [0.25, 0.3) is 0 Å². The molecule has 1 fully saturated rings. The molecule has 0 spiro atoms. The SMILES string of the molecule is COC1CCCC(OCc2nc(N)ccc2Cl)C1. The predicted octanol–water partition coefficient (Wildman–Crippen LogP) is 2.79. The predicted molar refractivity (Wildman–Crippen MR) is 71.5 cm³/mol. The molecule has 1 aromatic heterocycles. The Hall–Kier alpha value is -0.840. The highest BCUT2D eigenvalue weighted by atomic mass is 35.5. The average Bonchev–Trinajstić information content (AvgIpc) is 2.40. The molecule has 4 nitrogen and oxygen atoms in total. The highest BCUT2D eigenvalue weighted by Gasteiger charge is 2.22. The quantitative estimate of drug-likeness (QED) is 0.914. The minimum Gasteiger partial charge on any atom is -0.384 e. The summed E-state index contributed by atoms with van der Waals surface area (Å²) in [5.74, 6) is 0.469. The molecule has 1 aromatic rings. The molecule has 1 aliphatic rings. The van der Waals surface area contributed by atoms with E-state index in [0.717, 1.165) is 25.7 Å². The van der Waals surface area contributed by atoms with Gasteiger partial charge in [0, 0.05) is 7.11 Å². The number of ether oxygens (including phenoxy) is 2. The number of pyridine rings is 1. The number of halogens is 1. The molecular weight excluding hydrogens is 252 g/mol. The number of hydrogen-bond donors (Lipinski definition) is 1. The summed E-state index contributed by atoms with van der Waals surface area (Å²) < 4.78 is 11.2. The van der Waals surface area contributed by atoms with Crippen LogP contribution in [0.2, 0.25) is 5.02 Å². The van der Waals surface area contributed by atoms with Gasteiger partial charge in [-0.15, -0.1) is 0 Å². The molecule has 0 saturated heterocycles. The molecule has 2 rings (SSSR count). The Morgan fingerprint density at radius 1 is 1.39 bits per heavy atom. The first-order valence-corrected chi connectivity index (χ1v) is 6.62. The maximum Gasteiger partial charge on any atom is 0.123 e. The van der Waals surface area contributed by atoms with Gasteiger partial charge in [-0.1, -0.05) is 11.6 Å². The second-order valence-electron chi connectivity index (χ2n) is 4.62. The molecule has 2 unspecified atom stereocenters. The average molecular weight is 271 g/mol. The Kier molecular flexibility index (Phi) is 4.80. The molecule has 0 aromatic carbocycles. The van der Waals surface area contributed by atoms with E-state index in [0.29, 0.717) is 29.2 Å². The first-order valence-electron chi connectivity index (χ1n) is 6.24. The van der Waals surface area contributed by atoms with Gasteiger partial charge in [-0.2, -0.15) is 0 Å². The summed E-state index contributed by atoms with van der Waals surface area (Å²) in [6, 6.07) is 3.44. The Balaban J connectivity index is 1.89. The molecule has 1 heterocycles. The summed E-state index contributed by atoms with van der Waals surface area (Å²) in [5, 5.41) is 0.600. The fourth-order valence-corrected chi connectivity index (χ4v) is 2.43. The van der Waals surface area contributed by atoms with Crippen LogP contribution < -0.4 is 5.73 Å². The Bertz CT molecular complexity index is 401.